The molecule has 72 valence electrons. The molecule has 0 amide bonds. The molecule has 0 aromatic rings. The minimum Gasteiger partial charge on any atom is -0.460 e. The monoisotopic (exact) mass is 173 g/mol. The molecule has 0 unspecified atom stereocenters. The largest absolute Gasteiger partial charge is 0.460 e. The molecule has 0 aromatic carbocycles. The van der Waals surface area contributed by atoms with E-state index in [-0.39, 0.29) is 17.5 Å². The SMILES string of the molecule is CC[13CH2][C@@H](C)C(=O)OC(C)(C)C. The summed E-state index contributed by atoms with van der Waals surface area (Å²) < 4.78 is 5.21. The van der Waals surface area contributed by atoms with Crippen molar-refractivity contribution in [1.82, 2.24) is 0 Å². The van der Waals surface area contributed by atoms with Gasteiger partial charge in [-0.15, -0.1) is 0 Å². The molecule has 0 aliphatic carbocycles. The van der Waals surface area contributed by atoms with Crippen molar-refractivity contribution in [3.05, 3.63) is 0 Å². The molecular weight excluding hydrogens is 153 g/mol. The van der Waals surface area contributed by atoms with Gasteiger partial charge < -0.3 is 4.74 Å². The number of carbonyl (C=O) groups excluding carboxylic acids is 1. The van der Waals surface area contributed by atoms with Gasteiger partial charge in [0, 0.05) is 0 Å². The maximum atomic E-state index is 11.3. The first-order chi connectivity index (χ1) is 5.37. The van der Waals surface area contributed by atoms with Gasteiger partial charge in [-0.1, -0.05) is 20.3 Å². The van der Waals surface area contributed by atoms with E-state index in [9.17, 15) is 4.79 Å². The summed E-state index contributed by atoms with van der Waals surface area (Å²) in [4.78, 5) is 11.3. The summed E-state index contributed by atoms with van der Waals surface area (Å²) in [6.07, 6.45) is 1.94. The number of hydrogen-bond donors (Lipinski definition) is 0. The number of hydrogen-bond acceptors (Lipinski definition) is 2. The van der Waals surface area contributed by atoms with Crippen LogP contribution in [0.1, 0.15) is 47.5 Å². The summed E-state index contributed by atoms with van der Waals surface area (Å²) in [5.41, 5.74) is -0.348. The zero-order valence-electron chi connectivity index (χ0n) is 8.81. The first kappa shape index (κ1) is 11.5. The number of carbonyl (C=O) groups is 1. The molecule has 0 aliphatic rings. The second kappa shape index (κ2) is 4.48. The van der Waals surface area contributed by atoms with Gasteiger partial charge in [-0.25, -0.2) is 0 Å². The van der Waals surface area contributed by atoms with Crippen LogP contribution in [0.5, 0.6) is 0 Å². The minimum absolute atomic E-state index is 0.0363. The van der Waals surface area contributed by atoms with Gasteiger partial charge in [-0.2, -0.15) is 0 Å². The van der Waals surface area contributed by atoms with Crippen molar-refractivity contribution in [2.75, 3.05) is 0 Å². The van der Waals surface area contributed by atoms with Crippen molar-refractivity contribution in [1.29, 1.82) is 0 Å². The van der Waals surface area contributed by atoms with Crippen molar-refractivity contribution >= 4 is 5.97 Å². The highest BCUT2D eigenvalue weighted by molar-refractivity contribution is 5.72. The van der Waals surface area contributed by atoms with E-state index in [1.54, 1.807) is 0 Å². The van der Waals surface area contributed by atoms with Gasteiger partial charge in [0.1, 0.15) is 5.60 Å². The zero-order valence-corrected chi connectivity index (χ0v) is 8.81. The van der Waals surface area contributed by atoms with Crippen LogP contribution in [0.25, 0.3) is 0 Å². The Morgan fingerprint density at radius 1 is 1.42 bits per heavy atom. The van der Waals surface area contributed by atoms with Crippen molar-refractivity contribution in [3.8, 4) is 0 Å². The van der Waals surface area contributed by atoms with Crippen molar-refractivity contribution in [3.63, 3.8) is 0 Å². The predicted octanol–water partition coefficient (Wildman–Crippen LogP) is 2.76. The van der Waals surface area contributed by atoms with E-state index in [1.165, 1.54) is 0 Å². The summed E-state index contributed by atoms with van der Waals surface area (Å²) >= 11 is 0. The fourth-order valence-electron chi connectivity index (χ4n) is 0.953. The number of rotatable bonds is 3. The van der Waals surface area contributed by atoms with E-state index in [2.05, 4.69) is 6.92 Å². The lowest BCUT2D eigenvalue weighted by molar-refractivity contribution is -0.159. The van der Waals surface area contributed by atoms with Crippen LogP contribution in [-0.2, 0) is 9.53 Å². The Morgan fingerprint density at radius 3 is 2.25 bits per heavy atom. The molecule has 0 bridgehead atoms. The molecule has 0 aromatic heterocycles. The summed E-state index contributed by atoms with van der Waals surface area (Å²) in [5, 5.41) is 0. The van der Waals surface area contributed by atoms with E-state index < -0.39 is 0 Å². The quantitative estimate of drug-likeness (QED) is 0.484. The molecule has 0 N–H and O–H groups in total. The topological polar surface area (TPSA) is 26.3 Å². The Morgan fingerprint density at radius 2 is 1.92 bits per heavy atom. The molecule has 0 fully saturated rings. The van der Waals surface area contributed by atoms with Crippen molar-refractivity contribution in [2.24, 2.45) is 5.92 Å². The summed E-state index contributed by atoms with van der Waals surface area (Å²) in [7, 11) is 0. The second-order valence-electron chi connectivity index (χ2n) is 4.22. The van der Waals surface area contributed by atoms with Gasteiger partial charge in [0.25, 0.3) is 0 Å². The standard InChI is InChI=1S/C10H20O2/c1-6-7-8(2)9(11)12-10(3,4)5/h8H,6-7H2,1-5H3/t8-/m1/s1/i7+1. The Labute approximate surface area is 75.3 Å². The third-order valence-electron chi connectivity index (χ3n) is 1.53. The molecule has 1 atom stereocenters. The average molecular weight is 173 g/mol. The smallest absolute Gasteiger partial charge is 0.309 e. The normalized spacial score (nSPS) is 14.1. The first-order valence-corrected chi connectivity index (χ1v) is 4.59. The molecule has 0 heterocycles. The van der Waals surface area contributed by atoms with E-state index in [0.717, 1.165) is 12.8 Å². The summed E-state index contributed by atoms with van der Waals surface area (Å²) in [5.74, 6) is -0.0430. The summed E-state index contributed by atoms with van der Waals surface area (Å²) in [6, 6.07) is 0. The molecule has 0 saturated heterocycles. The predicted molar refractivity (Wildman–Crippen MR) is 49.9 cm³/mol. The lowest BCUT2D eigenvalue weighted by Gasteiger charge is -2.21. The number of ether oxygens (including phenoxy) is 1. The first-order valence-electron chi connectivity index (χ1n) is 4.59. The van der Waals surface area contributed by atoms with Crippen LogP contribution in [0, 0.1) is 5.92 Å². The highest BCUT2D eigenvalue weighted by atomic mass is 16.6. The van der Waals surface area contributed by atoms with Crippen LogP contribution >= 0.6 is 0 Å². The van der Waals surface area contributed by atoms with Gasteiger partial charge in [0.15, 0.2) is 0 Å². The Balaban J connectivity index is 3.87. The molecular formula is C10H20O2. The molecule has 0 aliphatic heterocycles. The van der Waals surface area contributed by atoms with Crippen molar-refractivity contribution < 1.29 is 9.53 Å². The van der Waals surface area contributed by atoms with Crippen LogP contribution in [0.15, 0.2) is 0 Å². The lowest BCUT2D eigenvalue weighted by atomic mass is 10.2. The second-order valence-corrected chi connectivity index (χ2v) is 4.22. The Bertz CT molecular complexity index is 144. The molecule has 2 nitrogen and oxygen atoms in total. The van der Waals surface area contributed by atoms with E-state index in [1.807, 2.05) is 27.7 Å². The lowest BCUT2D eigenvalue weighted by Crippen LogP contribution is -2.27. The van der Waals surface area contributed by atoms with Gasteiger partial charge in [0.05, 0.1) is 5.92 Å². The van der Waals surface area contributed by atoms with Crippen LogP contribution in [0.4, 0.5) is 0 Å². The van der Waals surface area contributed by atoms with Crippen LogP contribution < -0.4 is 0 Å². The highest BCUT2D eigenvalue weighted by Gasteiger charge is 2.20. The Hall–Kier alpha value is -0.530. The van der Waals surface area contributed by atoms with Crippen LogP contribution in [-0.4, -0.2) is 11.6 Å². The third-order valence-corrected chi connectivity index (χ3v) is 1.53. The van der Waals surface area contributed by atoms with Crippen LogP contribution in [0.3, 0.4) is 0 Å². The van der Waals surface area contributed by atoms with Crippen LogP contribution in [0.2, 0.25) is 0 Å². The minimum atomic E-state index is -0.348. The molecule has 0 radical (unpaired) electrons. The zero-order chi connectivity index (χ0) is 9.78. The van der Waals surface area contributed by atoms with Gasteiger partial charge in [-0.05, 0) is 27.2 Å². The highest BCUT2D eigenvalue weighted by Crippen LogP contribution is 2.14. The number of esters is 1. The Kier molecular flexibility index (Phi) is 4.29. The van der Waals surface area contributed by atoms with Gasteiger partial charge >= 0.3 is 5.97 Å². The van der Waals surface area contributed by atoms with Gasteiger partial charge in [-0.3, -0.25) is 4.79 Å². The molecule has 0 rings (SSSR count). The summed E-state index contributed by atoms with van der Waals surface area (Å²) in [6.45, 7) is 9.66. The molecule has 0 spiro atoms. The maximum absolute atomic E-state index is 11.3. The third kappa shape index (κ3) is 5.16. The van der Waals surface area contributed by atoms with E-state index in [4.69, 9.17) is 4.74 Å². The fraction of sp³-hybridized carbons (Fsp3) is 0.900. The van der Waals surface area contributed by atoms with E-state index >= 15 is 0 Å². The van der Waals surface area contributed by atoms with Crippen molar-refractivity contribution in [2.45, 2.75) is 53.1 Å². The molecule has 2 heteroatoms. The molecule has 12 heavy (non-hydrogen) atoms. The maximum Gasteiger partial charge on any atom is 0.309 e. The van der Waals surface area contributed by atoms with Gasteiger partial charge in [0.2, 0.25) is 0 Å². The fourth-order valence-corrected chi connectivity index (χ4v) is 0.953. The molecule has 0 saturated carbocycles. The van der Waals surface area contributed by atoms with E-state index in [0.29, 0.717) is 0 Å². The average Bonchev–Trinajstić information content (AvgIpc) is 1.84.